The maximum Gasteiger partial charge on any atom is 0.329 e. The highest BCUT2D eigenvalue weighted by molar-refractivity contribution is 6.30. The minimum atomic E-state index is -1.08. The van der Waals surface area contributed by atoms with Gasteiger partial charge in [0, 0.05) is 28.2 Å². The average molecular weight is 707 g/mol. The quantitative estimate of drug-likeness (QED) is 0.112. The van der Waals surface area contributed by atoms with E-state index in [1.165, 1.54) is 35.2 Å². The molecule has 2 N–H and O–H groups in total. The summed E-state index contributed by atoms with van der Waals surface area (Å²) in [6.45, 7) is 5.02. The number of aryl methyl sites for hydroxylation is 2. The third-order valence-electron chi connectivity index (χ3n) is 11.9. The summed E-state index contributed by atoms with van der Waals surface area (Å²) in [5.41, 5.74) is 7.93. The predicted octanol–water partition coefficient (Wildman–Crippen LogP) is 9.51. The monoisotopic (exact) mass is 706 g/mol. The van der Waals surface area contributed by atoms with Crippen molar-refractivity contribution in [1.29, 1.82) is 0 Å². The molecular formula is C43H47ClN2O5. The molecule has 7 rings (SSSR count). The fourth-order valence-corrected chi connectivity index (χ4v) is 9.38. The lowest BCUT2D eigenvalue weighted by Crippen LogP contribution is -2.53. The van der Waals surface area contributed by atoms with Crippen LogP contribution in [-0.2, 0) is 27.8 Å². The van der Waals surface area contributed by atoms with Crippen molar-refractivity contribution in [3.8, 4) is 22.6 Å². The Hall–Kier alpha value is -4.36. The van der Waals surface area contributed by atoms with E-state index in [9.17, 15) is 14.7 Å². The average Bonchev–Trinajstić information content (AvgIpc) is 3.42. The summed E-state index contributed by atoms with van der Waals surface area (Å²) in [6.07, 6.45) is 11.4. The highest BCUT2D eigenvalue weighted by Crippen LogP contribution is 2.56. The van der Waals surface area contributed by atoms with Crippen molar-refractivity contribution >= 4 is 29.5 Å². The lowest BCUT2D eigenvalue weighted by Gasteiger charge is -2.47. The predicted molar refractivity (Wildman–Crippen MR) is 201 cm³/mol. The maximum absolute atomic E-state index is 13.0. The van der Waals surface area contributed by atoms with Crippen LogP contribution >= 0.6 is 11.6 Å². The van der Waals surface area contributed by atoms with Crippen molar-refractivity contribution in [1.82, 2.24) is 4.98 Å². The van der Waals surface area contributed by atoms with Crippen molar-refractivity contribution in [3.05, 3.63) is 106 Å². The molecule has 8 heteroatoms. The van der Waals surface area contributed by atoms with Crippen molar-refractivity contribution in [3.63, 3.8) is 0 Å². The largest absolute Gasteiger partial charge is 0.493 e. The van der Waals surface area contributed by atoms with Gasteiger partial charge >= 0.3 is 5.97 Å². The number of benzene rings is 3. The molecule has 1 spiro atoms. The number of fused-ring (bicyclic) bond motifs is 3. The normalized spacial score (nSPS) is 23.7. The number of ether oxygens (including phenoxy) is 2. The van der Waals surface area contributed by atoms with Crippen LogP contribution in [0.4, 0.5) is 5.69 Å². The Morgan fingerprint density at radius 2 is 1.90 bits per heavy atom. The molecule has 0 bridgehead atoms. The molecule has 0 radical (unpaired) electrons. The number of pyridine rings is 1. The van der Waals surface area contributed by atoms with Gasteiger partial charge in [-0.05, 0) is 153 Å². The number of nitrogens with one attached hydrogen (secondary N) is 1. The molecule has 0 amide bonds. The summed E-state index contributed by atoms with van der Waals surface area (Å²) in [7, 11) is 0. The molecule has 1 heterocycles. The topological polar surface area (TPSA) is 97.8 Å². The second-order valence-corrected chi connectivity index (χ2v) is 15.3. The van der Waals surface area contributed by atoms with Gasteiger partial charge in [-0.3, -0.25) is 9.78 Å². The number of carboxylic acids is 1. The molecule has 266 valence electrons. The number of halogens is 1. The van der Waals surface area contributed by atoms with E-state index in [1.807, 2.05) is 42.6 Å². The molecule has 3 aromatic carbocycles. The van der Waals surface area contributed by atoms with Crippen LogP contribution in [0.25, 0.3) is 11.1 Å². The third-order valence-corrected chi connectivity index (χ3v) is 12.1. The van der Waals surface area contributed by atoms with Crippen LogP contribution in [0.5, 0.6) is 11.5 Å². The number of aromatic nitrogens is 1. The number of carbonyl (C=O) groups excluding carboxylic acids is 1. The van der Waals surface area contributed by atoms with Gasteiger partial charge < -0.3 is 19.9 Å². The molecule has 1 saturated carbocycles. The molecule has 2 atom stereocenters. The highest BCUT2D eigenvalue weighted by Gasteiger charge is 2.53. The lowest BCUT2D eigenvalue weighted by atomic mass is 9.60. The van der Waals surface area contributed by atoms with Crippen molar-refractivity contribution in [2.45, 2.75) is 94.9 Å². The summed E-state index contributed by atoms with van der Waals surface area (Å²) in [5, 5.41) is 14.6. The number of hydrogen-bond acceptors (Lipinski definition) is 6. The Balaban J connectivity index is 1.16. The highest BCUT2D eigenvalue weighted by atomic mass is 35.5. The molecular weight excluding hydrogens is 660 g/mol. The van der Waals surface area contributed by atoms with Crippen LogP contribution in [0.1, 0.15) is 92.2 Å². The van der Waals surface area contributed by atoms with E-state index in [-0.39, 0.29) is 12.0 Å². The molecule has 7 nitrogen and oxygen atoms in total. The zero-order valence-electron chi connectivity index (χ0n) is 29.6. The van der Waals surface area contributed by atoms with E-state index in [0.29, 0.717) is 42.1 Å². The SMILES string of the molecule is Cc1ccc(OCC=O)cc1-c1ccc2c(c1)C1(CCC(Nc3cccc(Cl)c3)(C(=O)O)CC1)C(CCCOc1ccnc3c1[C@H](C)CCC3)C2. The second-order valence-electron chi connectivity index (χ2n) is 14.9. The number of carboxylic acid groups (broad SMARTS) is 1. The van der Waals surface area contributed by atoms with E-state index >= 15 is 0 Å². The fourth-order valence-electron chi connectivity index (χ4n) is 9.19. The van der Waals surface area contributed by atoms with E-state index in [4.69, 9.17) is 21.1 Å². The smallest absolute Gasteiger partial charge is 0.329 e. The zero-order valence-corrected chi connectivity index (χ0v) is 30.3. The molecule has 0 saturated heterocycles. The van der Waals surface area contributed by atoms with E-state index in [1.54, 1.807) is 12.1 Å². The first kappa shape index (κ1) is 35.1. The van der Waals surface area contributed by atoms with Gasteiger partial charge in [0.2, 0.25) is 0 Å². The Morgan fingerprint density at radius 3 is 2.69 bits per heavy atom. The minimum Gasteiger partial charge on any atom is -0.493 e. The molecule has 1 fully saturated rings. The zero-order chi connectivity index (χ0) is 35.6. The third kappa shape index (κ3) is 6.97. The van der Waals surface area contributed by atoms with Gasteiger partial charge in [-0.25, -0.2) is 4.79 Å². The minimum absolute atomic E-state index is 0.0123. The Labute approximate surface area is 305 Å². The molecule has 3 aliphatic rings. The first-order chi connectivity index (χ1) is 24.7. The molecule has 1 aromatic heterocycles. The van der Waals surface area contributed by atoms with Crippen LogP contribution < -0.4 is 14.8 Å². The maximum atomic E-state index is 13.0. The van der Waals surface area contributed by atoms with Crippen molar-refractivity contribution < 1.29 is 24.2 Å². The first-order valence-electron chi connectivity index (χ1n) is 18.4. The van der Waals surface area contributed by atoms with Crippen LogP contribution in [0.3, 0.4) is 0 Å². The van der Waals surface area contributed by atoms with Gasteiger partial charge in [0.15, 0.2) is 6.29 Å². The summed E-state index contributed by atoms with van der Waals surface area (Å²) >= 11 is 6.29. The van der Waals surface area contributed by atoms with Gasteiger partial charge in [0.05, 0.1) is 6.61 Å². The number of rotatable bonds is 12. The summed E-state index contributed by atoms with van der Waals surface area (Å²) in [6, 6.07) is 22.1. The Morgan fingerprint density at radius 1 is 1.06 bits per heavy atom. The molecule has 4 aromatic rings. The van der Waals surface area contributed by atoms with Crippen LogP contribution in [0, 0.1) is 12.8 Å². The first-order valence-corrected chi connectivity index (χ1v) is 18.8. The van der Waals surface area contributed by atoms with Gasteiger partial charge in [-0.1, -0.05) is 48.9 Å². The van der Waals surface area contributed by atoms with Gasteiger partial charge in [0.1, 0.15) is 23.6 Å². The van der Waals surface area contributed by atoms with E-state index < -0.39 is 11.5 Å². The number of aliphatic carboxylic acids is 1. The van der Waals surface area contributed by atoms with E-state index in [2.05, 4.69) is 42.3 Å². The van der Waals surface area contributed by atoms with Crippen molar-refractivity contribution in [2.24, 2.45) is 5.92 Å². The number of aldehydes is 1. The molecule has 51 heavy (non-hydrogen) atoms. The Bertz CT molecular complexity index is 1920. The van der Waals surface area contributed by atoms with Gasteiger partial charge in [-0.2, -0.15) is 0 Å². The van der Waals surface area contributed by atoms with E-state index in [0.717, 1.165) is 72.9 Å². The standard InChI is InChI=1S/C43H47ClN2O5/c1-28-11-14-35(50-23-21-47)27-36(28)30-12-13-31-24-32(7-5-22-51-39-15-20-45-38-10-3-6-29(2)40(38)39)42(37(31)25-30)16-18-43(19-17-42,41(48)49)46-34-9-4-8-33(44)26-34/h4,8-9,11-15,20-21,25-27,29,32,46H,3,5-7,10,16-19,22-24H2,1-2H3,(H,48,49)/t29-,32?,42?,43?/m1/s1. The summed E-state index contributed by atoms with van der Waals surface area (Å²) in [4.78, 5) is 28.6. The second kappa shape index (κ2) is 14.7. The number of nitrogens with zero attached hydrogens (tertiary/aromatic N) is 1. The van der Waals surface area contributed by atoms with Crippen LogP contribution in [-0.4, -0.2) is 41.1 Å². The fraction of sp³-hybridized carbons (Fsp3) is 0.419. The summed E-state index contributed by atoms with van der Waals surface area (Å²) in [5.74, 6) is 1.63. The Kier molecular flexibility index (Phi) is 10.1. The van der Waals surface area contributed by atoms with Crippen LogP contribution in [0.2, 0.25) is 5.02 Å². The van der Waals surface area contributed by atoms with Gasteiger partial charge in [0.25, 0.3) is 0 Å². The number of hydrogen-bond donors (Lipinski definition) is 2. The molecule has 3 aliphatic carbocycles. The van der Waals surface area contributed by atoms with Crippen molar-refractivity contribution in [2.75, 3.05) is 18.5 Å². The molecule has 1 unspecified atom stereocenters. The summed E-state index contributed by atoms with van der Waals surface area (Å²) < 4.78 is 12.1. The lowest BCUT2D eigenvalue weighted by molar-refractivity contribution is -0.144. The molecule has 0 aliphatic heterocycles. The van der Waals surface area contributed by atoms with Crippen LogP contribution in [0.15, 0.2) is 72.9 Å². The number of carbonyl (C=O) groups is 2. The number of anilines is 1. The van der Waals surface area contributed by atoms with Gasteiger partial charge in [-0.15, -0.1) is 0 Å².